The zero-order valence-electron chi connectivity index (χ0n) is 14.2. The molecular formula is C18H24N4OS. The van der Waals surface area contributed by atoms with Gasteiger partial charge in [0.05, 0.1) is 0 Å². The number of amides is 1. The molecule has 128 valence electrons. The second-order valence-corrected chi connectivity index (χ2v) is 7.57. The van der Waals surface area contributed by atoms with E-state index >= 15 is 0 Å². The van der Waals surface area contributed by atoms with Crippen molar-refractivity contribution in [3.8, 4) is 0 Å². The molecule has 24 heavy (non-hydrogen) atoms. The zero-order chi connectivity index (χ0) is 16.9. The molecule has 1 aromatic carbocycles. The van der Waals surface area contributed by atoms with Crippen molar-refractivity contribution in [3.05, 3.63) is 41.7 Å². The largest absolute Gasteiger partial charge is 0.339 e. The van der Waals surface area contributed by atoms with E-state index < -0.39 is 0 Å². The Balaban J connectivity index is 1.57. The average Bonchev–Trinajstić information content (AvgIpc) is 3.13. The normalized spacial score (nSPS) is 20.8. The van der Waals surface area contributed by atoms with E-state index in [0.717, 1.165) is 35.2 Å². The fourth-order valence-electron chi connectivity index (χ4n) is 3.16. The lowest BCUT2D eigenvalue weighted by Gasteiger charge is -2.33. The van der Waals surface area contributed by atoms with Crippen LogP contribution in [0, 0.1) is 5.92 Å². The molecule has 1 saturated carbocycles. The molecule has 2 aromatic rings. The first-order chi connectivity index (χ1) is 11.6. The Morgan fingerprint density at radius 2 is 1.96 bits per heavy atom. The Morgan fingerprint density at radius 3 is 2.58 bits per heavy atom. The van der Waals surface area contributed by atoms with Gasteiger partial charge in [0.1, 0.15) is 6.33 Å². The van der Waals surface area contributed by atoms with E-state index in [1.54, 1.807) is 11.8 Å². The first-order valence-corrected chi connectivity index (χ1v) is 9.46. The second-order valence-electron chi connectivity index (χ2n) is 6.61. The quantitative estimate of drug-likeness (QED) is 0.839. The monoisotopic (exact) mass is 344 g/mol. The number of benzene rings is 1. The van der Waals surface area contributed by atoms with Gasteiger partial charge in [0, 0.05) is 24.4 Å². The topological polar surface area (TPSA) is 61.9 Å². The van der Waals surface area contributed by atoms with Crippen LogP contribution in [-0.2, 0) is 5.75 Å². The molecule has 3 rings (SSSR count). The molecule has 0 aliphatic heterocycles. The number of nitrogens with one attached hydrogen (secondary N) is 1. The predicted molar refractivity (Wildman–Crippen MR) is 95.9 cm³/mol. The lowest BCUT2D eigenvalue weighted by molar-refractivity contribution is 0.0679. The number of H-pyrrole nitrogens is 1. The maximum absolute atomic E-state index is 12.7. The highest BCUT2D eigenvalue weighted by Gasteiger charge is 2.25. The number of carbonyl (C=O) groups excluding carboxylic acids is 1. The lowest BCUT2D eigenvalue weighted by atomic mass is 9.86. The van der Waals surface area contributed by atoms with E-state index in [1.165, 1.54) is 24.7 Å². The van der Waals surface area contributed by atoms with E-state index in [-0.39, 0.29) is 5.91 Å². The summed E-state index contributed by atoms with van der Waals surface area (Å²) in [6, 6.07) is 8.29. The van der Waals surface area contributed by atoms with E-state index in [1.807, 2.05) is 36.2 Å². The van der Waals surface area contributed by atoms with Gasteiger partial charge in [0.25, 0.3) is 5.91 Å². The van der Waals surface area contributed by atoms with Crippen molar-refractivity contribution in [2.75, 3.05) is 7.05 Å². The molecule has 1 N–H and O–H groups in total. The molecule has 1 heterocycles. The number of aromatic nitrogens is 3. The minimum Gasteiger partial charge on any atom is -0.339 e. The maximum Gasteiger partial charge on any atom is 0.253 e. The third-order valence-corrected chi connectivity index (χ3v) is 5.77. The van der Waals surface area contributed by atoms with Crippen LogP contribution in [0.3, 0.4) is 0 Å². The number of hydrogen-bond acceptors (Lipinski definition) is 4. The molecule has 0 radical (unpaired) electrons. The molecule has 0 saturated heterocycles. The van der Waals surface area contributed by atoms with Crippen molar-refractivity contribution in [1.82, 2.24) is 20.1 Å². The van der Waals surface area contributed by atoms with Crippen LogP contribution >= 0.6 is 11.8 Å². The van der Waals surface area contributed by atoms with Crippen molar-refractivity contribution in [3.63, 3.8) is 0 Å². The fourth-order valence-corrected chi connectivity index (χ4v) is 3.89. The van der Waals surface area contributed by atoms with Crippen molar-refractivity contribution in [1.29, 1.82) is 0 Å². The van der Waals surface area contributed by atoms with Gasteiger partial charge in [-0.05, 0) is 49.3 Å². The number of nitrogens with zero attached hydrogens (tertiary/aromatic N) is 3. The van der Waals surface area contributed by atoms with Crippen molar-refractivity contribution < 1.29 is 4.79 Å². The van der Waals surface area contributed by atoms with Crippen molar-refractivity contribution in [2.24, 2.45) is 5.92 Å². The molecule has 1 aliphatic rings. The molecule has 6 heteroatoms. The molecule has 0 spiro atoms. The van der Waals surface area contributed by atoms with Crippen LogP contribution in [0.2, 0.25) is 0 Å². The third kappa shape index (κ3) is 4.17. The van der Waals surface area contributed by atoms with Gasteiger partial charge in [0.15, 0.2) is 5.16 Å². The summed E-state index contributed by atoms with van der Waals surface area (Å²) in [5.41, 5.74) is 1.94. The summed E-state index contributed by atoms with van der Waals surface area (Å²) < 4.78 is 0. The van der Waals surface area contributed by atoms with Gasteiger partial charge >= 0.3 is 0 Å². The highest BCUT2D eigenvalue weighted by molar-refractivity contribution is 7.98. The smallest absolute Gasteiger partial charge is 0.253 e. The Morgan fingerprint density at radius 1 is 1.25 bits per heavy atom. The Bertz CT molecular complexity index is 648. The van der Waals surface area contributed by atoms with Gasteiger partial charge < -0.3 is 4.90 Å². The summed E-state index contributed by atoms with van der Waals surface area (Å²) in [5, 5.41) is 7.47. The fraction of sp³-hybridized carbons (Fsp3) is 0.500. The Hall–Kier alpha value is -1.82. The molecule has 0 bridgehead atoms. The molecular weight excluding hydrogens is 320 g/mol. The number of carbonyl (C=O) groups is 1. The van der Waals surface area contributed by atoms with E-state index in [4.69, 9.17) is 0 Å². The summed E-state index contributed by atoms with van der Waals surface area (Å²) in [4.78, 5) is 18.7. The third-order valence-electron chi connectivity index (χ3n) is 4.82. The first-order valence-electron chi connectivity index (χ1n) is 8.47. The molecule has 0 atom stereocenters. The van der Waals surface area contributed by atoms with Crippen LogP contribution in [0.4, 0.5) is 0 Å². The van der Waals surface area contributed by atoms with Gasteiger partial charge in [-0.15, -0.1) is 0 Å². The Labute approximate surface area is 147 Å². The standard InChI is InChI=1S/C18H24N4OS/c1-13-3-9-16(10-4-13)22(2)17(23)15-7-5-14(6-8-15)11-24-18-19-12-20-21-18/h5-8,12-13,16H,3-4,9-11H2,1-2H3,(H,19,20,21). The zero-order valence-corrected chi connectivity index (χ0v) is 15.1. The van der Waals surface area contributed by atoms with Gasteiger partial charge in [-0.1, -0.05) is 30.8 Å². The summed E-state index contributed by atoms with van der Waals surface area (Å²) in [6.45, 7) is 2.30. The van der Waals surface area contributed by atoms with Crippen LogP contribution in [0.1, 0.15) is 48.5 Å². The van der Waals surface area contributed by atoms with Gasteiger partial charge in [-0.25, -0.2) is 4.98 Å². The highest BCUT2D eigenvalue weighted by Crippen LogP contribution is 2.27. The lowest BCUT2D eigenvalue weighted by Crippen LogP contribution is -2.39. The molecule has 1 aromatic heterocycles. The number of rotatable bonds is 5. The van der Waals surface area contributed by atoms with Gasteiger partial charge in [-0.3, -0.25) is 9.89 Å². The molecule has 1 amide bonds. The first kappa shape index (κ1) is 17.0. The molecule has 1 fully saturated rings. The summed E-state index contributed by atoms with van der Waals surface area (Å²) in [7, 11) is 1.94. The number of aromatic amines is 1. The van der Waals surface area contributed by atoms with Crippen molar-refractivity contribution >= 4 is 17.7 Å². The van der Waals surface area contributed by atoms with E-state index in [2.05, 4.69) is 22.1 Å². The van der Waals surface area contributed by atoms with E-state index in [9.17, 15) is 4.79 Å². The van der Waals surface area contributed by atoms with Crippen molar-refractivity contribution in [2.45, 2.75) is 49.6 Å². The number of hydrogen-bond donors (Lipinski definition) is 1. The SMILES string of the molecule is CC1CCC(N(C)C(=O)c2ccc(CSc3ncn[nH]3)cc2)CC1. The van der Waals surface area contributed by atoms with Crippen LogP contribution in [0.5, 0.6) is 0 Å². The molecule has 0 unspecified atom stereocenters. The van der Waals surface area contributed by atoms with Crippen LogP contribution < -0.4 is 0 Å². The highest BCUT2D eigenvalue weighted by atomic mass is 32.2. The number of thioether (sulfide) groups is 1. The van der Waals surface area contributed by atoms with Gasteiger partial charge in [0.2, 0.25) is 0 Å². The summed E-state index contributed by atoms with van der Waals surface area (Å²) >= 11 is 1.60. The van der Waals surface area contributed by atoms with Crippen LogP contribution in [0.25, 0.3) is 0 Å². The minimum absolute atomic E-state index is 0.129. The summed E-state index contributed by atoms with van der Waals surface area (Å²) in [6.07, 6.45) is 6.19. The van der Waals surface area contributed by atoms with Gasteiger partial charge in [-0.2, -0.15) is 5.10 Å². The Kier molecular flexibility index (Phi) is 5.56. The molecule has 5 nitrogen and oxygen atoms in total. The molecule has 1 aliphatic carbocycles. The maximum atomic E-state index is 12.7. The summed E-state index contributed by atoms with van der Waals surface area (Å²) in [5.74, 6) is 1.73. The second kappa shape index (κ2) is 7.83. The average molecular weight is 344 g/mol. The predicted octanol–water partition coefficient (Wildman–Crippen LogP) is 3.75. The van der Waals surface area contributed by atoms with E-state index in [0.29, 0.717) is 6.04 Å². The minimum atomic E-state index is 0.129. The van der Waals surface area contributed by atoms with Crippen LogP contribution in [-0.4, -0.2) is 39.1 Å². The van der Waals surface area contributed by atoms with Crippen LogP contribution in [0.15, 0.2) is 35.7 Å².